The van der Waals surface area contributed by atoms with Gasteiger partial charge in [-0.2, -0.15) is 0 Å². The van der Waals surface area contributed by atoms with E-state index in [1.54, 1.807) is 0 Å². The molecule has 0 saturated heterocycles. The van der Waals surface area contributed by atoms with Crippen LogP contribution < -0.4 is 8.06 Å². The summed E-state index contributed by atoms with van der Waals surface area (Å²) >= 11 is -4.23. The molecule has 0 unspecified atom stereocenters. The van der Waals surface area contributed by atoms with Crippen molar-refractivity contribution >= 4 is 0 Å². The van der Waals surface area contributed by atoms with Gasteiger partial charge in [0.15, 0.2) is 0 Å². The molecule has 0 atom stereocenters. The summed E-state index contributed by atoms with van der Waals surface area (Å²) in [4.78, 5) is 0. The minimum absolute atomic E-state index is 0.219. The van der Waals surface area contributed by atoms with Gasteiger partial charge in [-0.05, 0) is 0 Å². The van der Waals surface area contributed by atoms with Crippen LogP contribution in [0.1, 0.15) is 0 Å². The van der Waals surface area contributed by atoms with Crippen LogP contribution in [0.25, 0.3) is 0 Å². The fraction of sp³-hybridized carbons (Fsp3) is 0.333. The summed E-state index contributed by atoms with van der Waals surface area (Å²) < 4.78 is 40.9. The van der Waals surface area contributed by atoms with E-state index in [1.807, 2.05) is 0 Å². The predicted octanol–water partition coefficient (Wildman–Crippen LogP) is -1.97. The van der Waals surface area contributed by atoms with E-state index >= 15 is 0 Å². The Balaban J connectivity index is 0. The van der Waals surface area contributed by atoms with Crippen LogP contribution >= 0.6 is 0 Å². The average Bonchev–Trinajstić information content (AvgIpc) is 1.87. The summed E-state index contributed by atoms with van der Waals surface area (Å²) in [7, 11) is 0. The zero-order valence-corrected chi connectivity index (χ0v) is 7.72. The molecular weight excluding hydrogens is 218 g/mol. The van der Waals surface area contributed by atoms with Gasteiger partial charge in [0.2, 0.25) is 0 Å². The predicted molar refractivity (Wildman–Crippen MR) is 17.5 cm³/mol. The topological polar surface area (TPSA) is 89.5 Å². The molecule has 0 rings (SSSR count). The normalized spacial score (nSPS) is 9.60. The first-order valence-corrected chi connectivity index (χ1v) is 4.87. The summed E-state index contributed by atoms with van der Waals surface area (Å²) in [5.74, 6) is 0. The second-order valence-corrected chi connectivity index (χ2v) is 2.83. The minimum atomic E-state index is -5.29. The van der Waals surface area contributed by atoms with Crippen LogP contribution in [0.4, 0.5) is 0 Å². The van der Waals surface area contributed by atoms with Crippen molar-refractivity contribution in [1.29, 1.82) is 0 Å². The van der Waals surface area contributed by atoms with E-state index in [-0.39, 0.29) is 6.61 Å². The number of hydrogen-bond donors (Lipinski definition) is 0. The maximum atomic E-state index is 9.65. The maximum absolute atomic E-state index is 9.65. The molecule has 0 heterocycles. The Morgan fingerprint density at radius 3 is 2.10 bits per heavy atom. The van der Waals surface area contributed by atoms with E-state index in [1.165, 1.54) is 6.08 Å². The third-order valence-corrected chi connectivity index (χ3v) is 1.08. The molecule has 5 nitrogen and oxygen atoms in total. The molecule has 0 amide bonds. The standard InChI is InChI=1S/C3H5O.4O.2V/c1-2-3-4;;;;;;/h2H,1,3H2;;;;;;/q-1;;;2*-1;+1;+2. The van der Waals surface area contributed by atoms with E-state index in [2.05, 4.69) is 10.2 Å². The van der Waals surface area contributed by atoms with Crippen molar-refractivity contribution in [3.63, 3.8) is 0 Å². The molecule has 0 aromatic rings. The molecule has 0 radical (unpaired) electrons. The van der Waals surface area contributed by atoms with E-state index in [4.69, 9.17) is 3.67 Å². The van der Waals surface area contributed by atoms with Crippen molar-refractivity contribution < 1.29 is 51.5 Å². The Morgan fingerprint density at radius 2 is 2.00 bits per heavy atom. The second kappa shape index (κ2) is 7.50. The van der Waals surface area contributed by atoms with Crippen molar-refractivity contribution in [2.75, 3.05) is 6.61 Å². The molecular formula is C3H5O5V2. The van der Waals surface area contributed by atoms with Crippen LogP contribution in [0.3, 0.4) is 0 Å². The average molecular weight is 223 g/mol. The number of hydrogen-bond acceptors (Lipinski definition) is 5. The third kappa shape index (κ3) is 15.8. The first kappa shape index (κ1) is 13.0. The molecule has 0 aliphatic rings. The van der Waals surface area contributed by atoms with Gasteiger partial charge in [-0.25, -0.2) is 0 Å². The van der Waals surface area contributed by atoms with Crippen molar-refractivity contribution in [1.82, 2.24) is 0 Å². The number of rotatable bonds is 3. The van der Waals surface area contributed by atoms with Gasteiger partial charge in [0, 0.05) is 0 Å². The van der Waals surface area contributed by atoms with Crippen LogP contribution in [-0.2, 0) is 43.4 Å². The molecule has 0 aromatic carbocycles. The summed E-state index contributed by atoms with van der Waals surface area (Å²) in [6.07, 6.45) is 1.20. The summed E-state index contributed by atoms with van der Waals surface area (Å²) in [6.45, 7) is 2.93. The fourth-order valence-corrected chi connectivity index (χ4v) is 0.594. The SMILES string of the molecule is C=CC[O][V](=[O])([O-])[O-].[O]=[V+2]. The van der Waals surface area contributed by atoms with Gasteiger partial charge in [-0.3, -0.25) is 0 Å². The van der Waals surface area contributed by atoms with E-state index < -0.39 is 15.0 Å². The van der Waals surface area contributed by atoms with Gasteiger partial charge in [-0.15, -0.1) is 0 Å². The Hall–Kier alpha value is 0.389. The Bertz CT molecular complexity index is 129. The van der Waals surface area contributed by atoms with E-state index in [0.29, 0.717) is 0 Å². The molecule has 0 fully saturated rings. The first-order valence-electron chi connectivity index (χ1n) is 2.02. The second-order valence-electron chi connectivity index (χ2n) is 1.03. The van der Waals surface area contributed by atoms with E-state index in [0.717, 1.165) is 17.4 Å². The summed E-state index contributed by atoms with van der Waals surface area (Å²) in [6, 6.07) is 0. The van der Waals surface area contributed by atoms with Crippen molar-refractivity contribution in [2.45, 2.75) is 0 Å². The van der Waals surface area contributed by atoms with Gasteiger partial charge in [0.05, 0.1) is 0 Å². The van der Waals surface area contributed by atoms with Crippen LogP contribution in [0.5, 0.6) is 0 Å². The quantitative estimate of drug-likeness (QED) is 0.517. The van der Waals surface area contributed by atoms with Crippen molar-refractivity contribution in [3.05, 3.63) is 12.7 Å². The third-order valence-electron chi connectivity index (χ3n) is 0.351. The Labute approximate surface area is 70.9 Å². The molecule has 0 spiro atoms. The van der Waals surface area contributed by atoms with Crippen LogP contribution in [-0.4, -0.2) is 6.61 Å². The van der Waals surface area contributed by atoms with Gasteiger partial charge in [0.1, 0.15) is 0 Å². The summed E-state index contributed by atoms with van der Waals surface area (Å²) in [5.41, 5.74) is 0. The molecule has 0 N–H and O–H groups in total. The van der Waals surface area contributed by atoms with Crippen molar-refractivity contribution in [3.8, 4) is 0 Å². The molecule has 0 aliphatic heterocycles. The van der Waals surface area contributed by atoms with Crippen LogP contribution in [0, 0.1) is 0 Å². The van der Waals surface area contributed by atoms with Crippen molar-refractivity contribution in [2.24, 2.45) is 0 Å². The van der Waals surface area contributed by atoms with E-state index in [9.17, 15) is 11.7 Å². The van der Waals surface area contributed by atoms with Crippen LogP contribution in [0.15, 0.2) is 12.7 Å². The molecule has 0 bridgehead atoms. The van der Waals surface area contributed by atoms with Gasteiger partial charge >= 0.3 is 70.7 Å². The molecule has 0 aliphatic carbocycles. The van der Waals surface area contributed by atoms with Gasteiger partial charge in [0.25, 0.3) is 0 Å². The molecule has 10 heavy (non-hydrogen) atoms. The van der Waals surface area contributed by atoms with Gasteiger partial charge < -0.3 is 0 Å². The Morgan fingerprint density at radius 1 is 1.60 bits per heavy atom. The molecule has 0 saturated carbocycles. The molecule has 57 valence electrons. The molecule has 0 aromatic heterocycles. The van der Waals surface area contributed by atoms with Crippen LogP contribution in [0.2, 0.25) is 0 Å². The fourth-order valence-electron chi connectivity index (χ4n) is 0.144. The summed E-state index contributed by atoms with van der Waals surface area (Å²) in [5, 5.41) is 0. The zero-order chi connectivity index (χ0) is 8.62. The Kier molecular flexibility index (Phi) is 9.75. The van der Waals surface area contributed by atoms with Gasteiger partial charge in [-0.1, -0.05) is 0 Å². The first-order chi connectivity index (χ1) is 4.56. The monoisotopic (exact) mass is 223 g/mol. The molecule has 7 heteroatoms. The zero-order valence-electron chi connectivity index (χ0n) is 4.93.